The van der Waals surface area contributed by atoms with Gasteiger partial charge in [0.05, 0.1) is 12.2 Å². The molecule has 0 fully saturated rings. The Labute approximate surface area is 145 Å². The summed E-state index contributed by atoms with van der Waals surface area (Å²) in [4.78, 5) is 27.8. The molecule has 0 radical (unpaired) electrons. The van der Waals surface area contributed by atoms with Crippen molar-refractivity contribution in [2.45, 2.75) is 12.6 Å². The molecule has 2 amide bonds. The zero-order valence-corrected chi connectivity index (χ0v) is 14.1. The smallest absolute Gasteiger partial charge is 0.276 e. The van der Waals surface area contributed by atoms with Gasteiger partial charge < -0.3 is 20.3 Å². The van der Waals surface area contributed by atoms with Crippen LogP contribution in [0, 0.1) is 6.92 Å². The molecule has 0 bridgehead atoms. The van der Waals surface area contributed by atoms with Gasteiger partial charge in [0, 0.05) is 30.6 Å². The quantitative estimate of drug-likeness (QED) is 0.902. The molecule has 0 saturated carbocycles. The highest BCUT2D eigenvalue weighted by atomic mass is 16.5. The third-order valence-electron chi connectivity index (χ3n) is 4.78. The number of anilines is 2. The van der Waals surface area contributed by atoms with Crippen molar-refractivity contribution in [2.24, 2.45) is 0 Å². The van der Waals surface area contributed by atoms with Gasteiger partial charge in [-0.15, -0.1) is 0 Å². The largest absolute Gasteiger partial charge is 0.383 e. The number of hydrogen-bond donors (Lipinski definition) is 2. The molecule has 1 spiro atoms. The van der Waals surface area contributed by atoms with Crippen LogP contribution < -0.4 is 10.6 Å². The van der Waals surface area contributed by atoms with Crippen LogP contribution >= 0.6 is 0 Å². The first-order valence-electron chi connectivity index (χ1n) is 8.18. The predicted molar refractivity (Wildman–Crippen MR) is 94.5 cm³/mol. The molecule has 0 aromatic heterocycles. The lowest BCUT2D eigenvalue weighted by molar-refractivity contribution is -0.125. The normalized spacial score (nSPS) is 21.0. The summed E-state index contributed by atoms with van der Waals surface area (Å²) < 4.78 is 5.18. The number of para-hydroxylation sites is 1. The molecular weight excluding hydrogens is 318 g/mol. The van der Waals surface area contributed by atoms with Gasteiger partial charge in [-0.25, -0.2) is 0 Å². The summed E-state index contributed by atoms with van der Waals surface area (Å²) in [5, 5.41) is 6.24. The summed E-state index contributed by atoms with van der Waals surface area (Å²) in [6, 6.07) is 13.0. The molecular formula is C19H19N3O3. The number of hydrogen-bond acceptors (Lipinski definition) is 4. The van der Waals surface area contributed by atoms with Gasteiger partial charge >= 0.3 is 0 Å². The van der Waals surface area contributed by atoms with Crippen LogP contribution in [0.5, 0.6) is 0 Å². The van der Waals surface area contributed by atoms with Gasteiger partial charge in [0.1, 0.15) is 0 Å². The van der Waals surface area contributed by atoms with Crippen LogP contribution in [-0.2, 0) is 15.2 Å². The molecule has 25 heavy (non-hydrogen) atoms. The van der Waals surface area contributed by atoms with Crippen molar-refractivity contribution in [1.82, 2.24) is 4.90 Å². The van der Waals surface area contributed by atoms with Crippen LogP contribution in [0.15, 0.2) is 42.5 Å². The Hall–Kier alpha value is -2.86. The third-order valence-corrected chi connectivity index (χ3v) is 4.78. The number of fused-ring (bicyclic) bond motifs is 3. The molecule has 6 nitrogen and oxygen atoms in total. The lowest BCUT2D eigenvalue weighted by Crippen LogP contribution is -2.62. The molecule has 0 saturated heterocycles. The summed E-state index contributed by atoms with van der Waals surface area (Å²) >= 11 is 0. The van der Waals surface area contributed by atoms with Crippen molar-refractivity contribution in [2.75, 3.05) is 30.9 Å². The van der Waals surface area contributed by atoms with Crippen LogP contribution in [0.25, 0.3) is 0 Å². The first kappa shape index (κ1) is 15.7. The van der Waals surface area contributed by atoms with E-state index in [-0.39, 0.29) is 11.8 Å². The van der Waals surface area contributed by atoms with E-state index in [0.717, 1.165) is 16.8 Å². The van der Waals surface area contributed by atoms with E-state index in [1.807, 2.05) is 43.3 Å². The molecule has 2 aromatic rings. The minimum atomic E-state index is -1.26. The highest BCUT2D eigenvalue weighted by molar-refractivity contribution is 6.14. The van der Waals surface area contributed by atoms with Gasteiger partial charge in [-0.1, -0.05) is 23.8 Å². The SMILES string of the molecule is COCCN1C(=O)c2ccccc2N[C@]12C(=O)Nc1ccc(C)cc12. The molecule has 2 aliphatic heterocycles. The van der Waals surface area contributed by atoms with Gasteiger partial charge in [-0.3, -0.25) is 9.59 Å². The van der Waals surface area contributed by atoms with Crippen LogP contribution in [0.2, 0.25) is 0 Å². The van der Waals surface area contributed by atoms with E-state index in [9.17, 15) is 9.59 Å². The second-order valence-electron chi connectivity index (χ2n) is 6.33. The highest BCUT2D eigenvalue weighted by Crippen LogP contribution is 2.45. The van der Waals surface area contributed by atoms with Crippen LogP contribution in [0.1, 0.15) is 21.5 Å². The van der Waals surface area contributed by atoms with E-state index in [1.165, 1.54) is 0 Å². The Morgan fingerprint density at radius 1 is 1.12 bits per heavy atom. The summed E-state index contributed by atoms with van der Waals surface area (Å²) in [6.07, 6.45) is 0. The highest BCUT2D eigenvalue weighted by Gasteiger charge is 2.56. The molecule has 2 N–H and O–H groups in total. The number of nitrogens with zero attached hydrogens (tertiary/aromatic N) is 1. The van der Waals surface area contributed by atoms with Crippen LogP contribution in [-0.4, -0.2) is 37.0 Å². The Morgan fingerprint density at radius 3 is 2.72 bits per heavy atom. The fourth-order valence-electron chi connectivity index (χ4n) is 3.58. The van der Waals surface area contributed by atoms with E-state index in [0.29, 0.717) is 24.4 Å². The van der Waals surface area contributed by atoms with Crippen LogP contribution in [0.3, 0.4) is 0 Å². The van der Waals surface area contributed by atoms with E-state index in [1.54, 1.807) is 18.1 Å². The number of rotatable bonds is 3. The summed E-state index contributed by atoms with van der Waals surface area (Å²) in [5.74, 6) is -0.442. The molecule has 2 aliphatic rings. The zero-order chi connectivity index (χ0) is 17.6. The number of methoxy groups -OCH3 is 1. The number of carbonyl (C=O) groups is 2. The minimum Gasteiger partial charge on any atom is -0.383 e. The number of benzene rings is 2. The molecule has 1 atom stereocenters. The van der Waals surface area contributed by atoms with E-state index < -0.39 is 5.66 Å². The topological polar surface area (TPSA) is 70.7 Å². The molecule has 6 heteroatoms. The molecule has 128 valence electrons. The molecule has 4 rings (SSSR count). The zero-order valence-electron chi connectivity index (χ0n) is 14.1. The summed E-state index contributed by atoms with van der Waals surface area (Å²) in [6.45, 7) is 2.61. The average molecular weight is 337 g/mol. The van der Waals surface area contributed by atoms with Crippen molar-refractivity contribution < 1.29 is 14.3 Å². The first-order chi connectivity index (χ1) is 12.1. The molecule has 0 aliphatic carbocycles. The van der Waals surface area contributed by atoms with Gasteiger partial charge in [0.25, 0.3) is 11.8 Å². The van der Waals surface area contributed by atoms with Crippen LogP contribution in [0.4, 0.5) is 11.4 Å². The van der Waals surface area contributed by atoms with Gasteiger partial charge in [0.2, 0.25) is 5.66 Å². The minimum absolute atomic E-state index is 0.184. The standard InChI is InChI=1S/C19H19N3O3/c1-12-7-8-16-14(11-12)19(18(24)20-16)21-15-6-4-3-5-13(15)17(23)22(19)9-10-25-2/h3-8,11,21H,9-10H2,1-2H3,(H,20,24)/t19-/m0/s1. The Kier molecular flexibility index (Phi) is 3.51. The van der Waals surface area contributed by atoms with Crippen molar-refractivity contribution >= 4 is 23.2 Å². The average Bonchev–Trinajstić information content (AvgIpc) is 2.87. The summed E-state index contributed by atoms with van der Waals surface area (Å²) in [5.41, 5.74) is 2.46. The number of nitrogens with one attached hydrogen (secondary N) is 2. The number of amides is 2. The number of ether oxygens (including phenoxy) is 1. The number of carbonyl (C=O) groups excluding carboxylic acids is 2. The lowest BCUT2D eigenvalue weighted by Gasteiger charge is -2.44. The van der Waals surface area contributed by atoms with Crippen molar-refractivity contribution in [3.05, 3.63) is 59.2 Å². The van der Waals surface area contributed by atoms with Gasteiger partial charge in [0.15, 0.2) is 0 Å². The lowest BCUT2D eigenvalue weighted by atomic mass is 9.92. The Morgan fingerprint density at radius 2 is 1.92 bits per heavy atom. The molecule has 2 heterocycles. The monoisotopic (exact) mass is 337 g/mol. The van der Waals surface area contributed by atoms with E-state index in [4.69, 9.17) is 4.74 Å². The Balaban J connectivity index is 1.94. The second-order valence-corrected chi connectivity index (χ2v) is 6.33. The van der Waals surface area contributed by atoms with Gasteiger partial charge in [-0.05, 0) is 31.2 Å². The van der Waals surface area contributed by atoms with Crippen molar-refractivity contribution in [3.8, 4) is 0 Å². The molecule has 2 aromatic carbocycles. The summed E-state index contributed by atoms with van der Waals surface area (Å²) in [7, 11) is 1.58. The fourth-order valence-corrected chi connectivity index (χ4v) is 3.58. The third kappa shape index (κ3) is 2.14. The molecule has 0 unspecified atom stereocenters. The van der Waals surface area contributed by atoms with Crippen molar-refractivity contribution in [3.63, 3.8) is 0 Å². The van der Waals surface area contributed by atoms with E-state index >= 15 is 0 Å². The predicted octanol–water partition coefficient (Wildman–Crippen LogP) is 2.31. The maximum atomic E-state index is 13.2. The second kappa shape index (κ2) is 5.60. The van der Waals surface area contributed by atoms with Gasteiger partial charge in [-0.2, -0.15) is 0 Å². The van der Waals surface area contributed by atoms with E-state index in [2.05, 4.69) is 10.6 Å². The fraction of sp³-hybridized carbons (Fsp3) is 0.263. The van der Waals surface area contributed by atoms with Crippen molar-refractivity contribution in [1.29, 1.82) is 0 Å². The maximum absolute atomic E-state index is 13.2. The Bertz CT molecular complexity index is 880. The maximum Gasteiger partial charge on any atom is 0.276 e. The first-order valence-corrected chi connectivity index (χ1v) is 8.18. The number of aryl methyl sites for hydroxylation is 1.